The summed E-state index contributed by atoms with van der Waals surface area (Å²) in [5.74, 6) is 1.27. The highest BCUT2D eigenvalue weighted by Crippen LogP contribution is 2.34. The normalized spacial score (nSPS) is 16.6. The molecule has 0 bridgehead atoms. The van der Waals surface area contributed by atoms with Gasteiger partial charge in [-0.3, -0.25) is 0 Å². The highest BCUT2D eigenvalue weighted by atomic mass is 16.5. The molecule has 25 heavy (non-hydrogen) atoms. The van der Waals surface area contributed by atoms with E-state index in [-0.39, 0.29) is 12.1 Å². The number of ether oxygens (including phenoxy) is 2. The van der Waals surface area contributed by atoms with E-state index in [2.05, 4.69) is 30.4 Å². The fourth-order valence-electron chi connectivity index (χ4n) is 3.32. The quantitative estimate of drug-likeness (QED) is 0.898. The Morgan fingerprint density at radius 2 is 2.00 bits per heavy atom. The molecule has 1 fully saturated rings. The number of carbonyl (C=O) groups is 1. The summed E-state index contributed by atoms with van der Waals surface area (Å²) in [5, 5.41) is 2.98. The molecule has 0 saturated carbocycles. The number of urea groups is 1. The fourth-order valence-corrected chi connectivity index (χ4v) is 3.32. The number of likely N-dealkylation sites (tertiary alicyclic amines) is 1. The van der Waals surface area contributed by atoms with Crippen LogP contribution in [0.4, 0.5) is 10.5 Å². The van der Waals surface area contributed by atoms with Crippen molar-refractivity contribution < 1.29 is 14.3 Å². The van der Waals surface area contributed by atoms with E-state index < -0.39 is 0 Å². The second-order valence-corrected chi connectivity index (χ2v) is 6.26. The smallest absolute Gasteiger partial charge is 0.322 e. The molecule has 2 aromatic rings. The van der Waals surface area contributed by atoms with Crippen LogP contribution in [-0.4, -0.2) is 31.7 Å². The van der Waals surface area contributed by atoms with Gasteiger partial charge in [0.15, 0.2) is 0 Å². The molecular weight excluding hydrogens is 316 g/mol. The number of anilines is 1. The van der Waals surface area contributed by atoms with E-state index in [9.17, 15) is 4.79 Å². The van der Waals surface area contributed by atoms with Gasteiger partial charge >= 0.3 is 6.03 Å². The van der Waals surface area contributed by atoms with Crippen molar-refractivity contribution >= 4 is 11.7 Å². The van der Waals surface area contributed by atoms with Crippen LogP contribution in [0.15, 0.2) is 42.5 Å². The molecule has 1 heterocycles. The first kappa shape index (κ1) is 17.1. The largest absolute Gasteiger partial charge is 0.497 e. The van der Waals surface area contributed by atoms with Gasteiger partial charge in [0.2, 0.25) is 0 Å². The van der Waals surface area contributed by atoms with E-state index >= 15 is 0 Å². The average molecular weight is 340 g/mol. The molecule has 0 unspecified atom stereocenters. The Morgan fingerprint density at radius 3 is 2.72 bits per heavy atom. The molecule has 0 spiro atoms. The molecule has 0 radical (unpaired) electrons. The molecule has 1 saturated heterocycles. The minimum Gasteiger partial charge on any atom is -0.497 e. The maximum Gasteiger partial charge on any atom is 0.322 e. The summed E-state index contributed by atoms with van der Waals surface area (Å²) in [6.07, 6.45) is 1.99. The van der Waals surface area contributed by atoms with Crippen LogP contribution in [0.1, 0.15) is 30.0 Å². The molecule has 2 amide bonds. The van der Waals surface area contributed by atoms with Crippen LogP contribution in [0.25, 0.3) is 0 Å². The summed E-state index contributed by atoms with van der Waals surface area (Å²) in [4.78, 5) is 14.7. The van der Waals surface area contributed by atoms with Crippen LogP contribution < -0.4 is 14.8 Å². The lowest BCUT2D eigenvalue weighted by Gasteiger charge is -2.26. The van der Waals surface area contributed by atoms with Crippen molar-refractivity contribution in [1.29, 1.82) is 0 Å². The Morgan fingerprint density at radius 1 is 1.16 bits per heavy atom. The molecule has 132 valence electrons. The van der Waals surface area contributed by atoms with E-state index in [0.717, 1.165) is 19.4 Å². The number of hydrogen-bond acceptors (Lipinski definition) is 3. The standard InChI is InChI=1S/C20H24N2O3/c1-14-6-4-7-15(12-14)18-8-5-11-22(18)20(23)21-17-10-9-16(24-2)13-19(17)25-3/h4,6-7,9-10,12-13,18H,5,8,11H2,1-3H3,(H,21,23)/t18-/m0/s1. The Balaban J connectivity index is 1.78. The minimum atomic E-state index is -0.104. The maximum absolute atomic E-state index is 12.8. The van der Waals surface area contributed by atoms with Crippen LogP contribution in [0, 0.1) is 6.92 Å². The number of carbonyl (C=O) groups excluding carboxylic acids is 1. The van der Waals surface area contributed by atoms with Crippen molar-refractivity contribution in [2.75, 3.05) is 26.1 Å². The van der Waals surface area contributed by atoms with Gasteiger partial charge in [0.05, 0.1) is 25.9 Å². The number of hydrogen-bond donors (Lipinski definition) is 1. The molecule has 1 aliphatic heterocycles. The second-order valence-electron chi connectivity index (χ2n) is 6.26. The maximum atomic E-state index is 12.8. The lowest BCUT2D eigenvalue weighted by Crippen LogP contribution is -2.34. The first-order chi connectivity index (χ1) is 12.1. The molecule has 1 atom stereocenters. The predicted molar refractivity (Wildman–Crippen MR) is 98.4 cm³/mol. The molecule has 1 N–H and O–H groups in total. The zero-order valence-corrected chi connectivity index (χ0v) is 14.9. The lowest BCUT2D eigenvalue weighted by molar-refractivity contribution is 0.207. The van der Waals surface area contributed by atoms with Gasteiger partial charge in [-0.15, -0.1) is 0 Å². The minimum absolute atomic E-state index is 0.104. The molecule has 0 aromatic heterocycles. The summed E-state index contributed by atoms with van der Waals surface area (Å²) in [6.45, 7) is 2.83. The number of rotatable bonds is 4. The van der Waals surface area contributed by atoms with E-state index in [4.69, 9.17) is 9.47 Å². The second kappa shape index (κ2) is 7.47. The van der Waals surface area contributed by atoms with Gasteiger partial charge in [0.1, 0.15) is 11.5 Å². The average Bonchev–Trinajstić information content (AvgIpc) is 3.12. The first-order valence-electron chi connectivity index (χ1n) is 8.48. The number of benzene rings is 2. The van der Waals surface area contributed by atoms with E-state index in [1.807, 2.05) is 11.0 Å². The van der Waals surface area contributed by atoms with Gasteiger partial charge in [-0.1, -0.05) is 29.8 Å². The Hall–Kier alpha value is -2.69. The summed E-state index contributed by atoms with van der Waals surface area (Å²) < 4.78 is 10.6. The number of aryl methyl sites for hydroxylation is 1. The monoisotopic (exact) mass is 340 g/mol. The zero-order chi connectivity index (χ0) is 17.8. The van der Waals surface area contributed by atoms with E-state index in [1.165, 1.54) is 11.1 Å². The lowest BCUT2D eigenvalue weighted by atomic mass is 10.0. The Kier molecular flexibility index (Phi) is 5.12. The van der Waals surface area contributed by atoms with Crippen LogP contribution in [-0.2, 0) is 0 Å². The Labute approximate surface area is 148 Å². The summed E-state index contributed by atoms with van der Waals surface area (Å²) in [6, 6.07) is 13.8. The fraction of sp³-hybridized carbons (Fsp3) is 0.350. The van der Waals surface area contributed by atoms with Crippen molar-refractivity contribution in [1.82, 2.24) is 4.90 Å². The molecule has 2 aromatic carbocycles. The SMILES string of the molecule is COc1ccc(NC(=O)N2CCC[C@H]2c2cccc(C)c2)c(OC)c1. The van der Waals surface area contributed by atoms with Gasteiger partial charge in [0.25, 0.3) is 0 Å². The van der Waals surface area contributed by atoms with E-state index in [0.29, 0.717) is 17.2 Å². The molecular formula is C20H24N2O3. The number of amides is 2. The summed E-state index contributed by atoms with van der Waals surface area (Å²) >= 11 is 0. The van der Waals surface area contributed by atoms with Crippen LogP contribution in [0.2, 0.25) is 0 Å². The van der Waals surface area contributed by atoms with Crippen LogP contribution in [0.5, 0.6) is 11.5 Å². The Bertz CT molecular complexity index is 760. The summed E-state index contributed by atoms with van der Waals surface area (Å²) in [7, 11) is 3.18. The number of nitrogens with zero attached hydrogens (tertiary/aromatic N) is 1. The first-order valence-corrected chi connectivity index (χ1v) is 8.48. The third-order valence-corrected chi connectivity index (χ3v) is 4.59. The van der Waals surface area contributed by atoms with Gasteiger partial charge in [-0.25, -0.2) is 4.79 Å². The third-order valence-electron chi connectivity index (χ3n) is 4.59. The molecule has 0 aliphatic carbocycles. The summed E-state index contributed by atoms with van der Waals surface area (Å²) in [5.41, 5.74) is 3.04. The topological polar surface area (TPSA) is 50.8 Å². The van der Waals surface area contributed by atoms with Gasteiger partial charge < -0.3 is 19.7 Å². The van der Waals surface area contributed by atoms with Crippen molar-refractivity contribution in [2.45, 2.75) is 25.8 Å². The van der Waals surface area contributed by atoms with Crippen molar-refractivity contribution in [2.24, 2.45) is 0 Å². The van der Waals surface area contributed by atoms with E-state index in [1.54, 1.807) is 32.4 Å². The van der Waals surface area contributed by atoms with Crippen molar-refractivity contribution in [3.05, 3.63) is 53.6 Å². The van der Waals surface area contributed by atoms with Gasteiger partial charge in [-0.2, -0.15) is 0 Å². The van der Waals surface area contributed by atoms with Crippen LogP contribution >= 0.6 is 0 Å². The third kappa shape index (κ3) is 3.71. The molecule has 5 nitrogen and oxygen atoms in total. The van der Waals surface area contributed by atoms with Gasteiger partial charge in [-0.05, 0) is 37.5 Å². The highest BCUT2D eigenvalue weighted by molar-refractivity contribution is 5.91. The van der Waals surface area contributed by atoms with Gasteiger partial charge in [0, 0.05) is 12.6 Å². The predicted octanol–water partition coefficient (Wildman–Crippen LogP) is 4.38. The van der Waals surface area contributed by atoms with Crippen molar-refractivity contribution in [3.63, 3.8) is 0 Å². The molecule has 1 aliphatic rings. The van der Waals surface area contributed by atoms with Crippen LogP contribution in [0.3, 0.4) is 0 Å². The highest BCUT2D eigenvalue weighted by Gasteiger charge is 2.30. The number of nitrogens with one attached hydrogen (secondary N) is 1. The molecule has 5 heteroatoms. The molecule has 3 rings (SSSR count). The zero-order valence-electron chi connectivity index (χ0n) is 14.9. The number of methoxy groups -OCH3 is 2. The van der Waals surface area contributed by atoms with Crippen molar-refractivity contribution in [3.8, 4) is 11.5 Å².